The molecule has 0 aromatic carbocycles. The zero-order valence-electron chi connectivity index (χ0n) is 25.2. The van der Waals surface area contributed by atoms with E-state index < -0.39 is 0 Å². The molecule has 0 aliphatic heterocycles. The van der Waals surface area contributed by atoms with E-state index in [0.29, 0.717) is 47.1 Å². The van der Waals surface area contributed by atoms with E-state index in [1.54, 1.807) is 11.1 Å². The Labute approximate surface area is 241 Å². The van der Waals surface area contributed by atoms with E-state index in [-0.39, 0.29) is 21.7 Å². The van der Waals surface area contributed by atoms with Crippen LogP contribution in [-0.2, 0) is 9.59 Å². The molecule has 6 saturated carbocycles. The van der Waals surface area contributed by atoms with Gasteiger partial charge in [-0.1, -0.05) is 75.3 Å². The molecule has 0 unspecified atom stereocenters. The van der Waals surface area contributed by atoms with E-state index in [9.17, 15) is 9.59 Å². The van der Waals surface area contributed by atoms with Crippen molar-refractivity contribution in [1.29, 1.82) is 0 Å². The minimum atomic E-state index is -0.0424. The molecule has 0 aromatic rings. The van der Waals surface area contributed by atoms with Gasteiger partial charge in [-0.3, -0.25) is 9.59 Å². The standard InChI is InChI=1S/C38H48O2/c1-35-17-13-23(21-25(35)5-7-27-29-9-11-33(39)37(29,3)19-15-31(27)35)24-14-18-36(2)26(22-24)6-8-28-30-10-12-34(40)38(30,4)20-16-32(28)36/h13-14,17-18,21-22,27-32H,5-12,15-16,19-20H2,1-4H3/b24-23+/t27-,28-,29-,30-,31-,32-,35-,36-,37-,38-/m0/s1. The normalized spacial score (nSPS) is 52.6. The SMILES string of the molecule is C[C@]12C=C/C(=C3/C=C[C@@]4(C)C(=C3)CC[C@@H]3[C@@H]4CC[C@]4(C)C(=O)CC[C@@H]34)C=C1CC[C@@H]1[C@@H]2CC[C@]2(C)C(=O)CC[C@@H]12. The Balaban J connectivity index is 1.07. The van der Waals surface area contributed by atoms with E-state index in [1.165, 1.54) is 49.7 Å². The Morgan fingerprint density at radius 1 is 0.550 bits per heavy atom. The van der Waals surface area contributed by atoms with E-state index in [0.717, 1.165) is 38.5 Å². The molecule has 0 aromatic heterocycles. The second kappa shape index (κ2) is 8.32. The molecular weight excluding hydrogens is 488 g/mol. The van der Waals surface area contributed by atoms with Gasteiger partial charge in [-0.25, -0.2) is 0 Å². The number of ketones is 2. The molecule has 2 nitrogen and oxygen atoms in total. The maximum Gasteiger partial charge on any atom is 0.139 e. The fraction of sp³-hybridized carbons (Fsp3) is 0.684. The number of carbonyl (C=O) groups is 2. The molecular formula is C38H48O2. The average molecular weight is 537 g/mol. The summed E-state index contributed by atoms with van der Waals surface area (Å²) in [4.78, 5) is 25.6. The summed E-state index contributed by atoms with van der Waals surface area (Å²) in [6, 6.07) is 0. The zero-order chi connectivity index (χ0) is 27.7. The van der Waals surface area contributed by atoms with Crippen molar-refractivity contribution < 1.29 is 9.59 Å². The van der Waals surface area contributed by atoms with Crippen LogP contribution in [0, 0.1) is 57.2 Å². The predicted molar refractivity (Wildman–Crippen MR) is 160 cm³/mol. The van der Waals surface area contributed by atoms with Crippen LogP contribution in [0.2, 0.25) is 0 Å². The smallest absolute Gasteiger partial charge is 0.139 e. The highest BCUT2D eigenvalue weighted by Crippen LogP contribution is 2.65. The van der Waals surface area contributed by atoms with Gasteiger partial charge in [0, 0.05) is 34.5 Å². The molecule has 0 bridgehead atoms. The molecule has 10 atom stereocenters. The van der Waals surface area contributed by atoms with Crippen molar-refractivity contribution in [1.82, 2.24) is 0 Å². The molecule has 0 amide bonds. The van der Waals surface area contributed by atoms with Crippen LogP contribution < -0.4 is 0 Å². The van der Waals surface area contributed by atoms with Crippen molar-refractivity contribution in [2.24, 2.45) is 57.2 Å². The van der Waals surface area contributed by atoms with Gasteiger partial charge in [-0.15, -0.1) is 0 Å². The lowest BCUT2D eigenvalue weighted by molar-refractivity contribution is -0.132. The molecule has 212 valence electrons. The molecule has 0 heterocycles. The van der Waals surface area contributed by atoms with Crippen LogP contribution in [0.4, 0.5) is 0 Å². The Hall–Kier alpha value is -1.96. The van der Waals surface area contributed by atoms with Crippen molar-refractivity contribution in [3.63, 3.8) is 0 Å². The van der Waals surface area contributed by atoms with E-state index >= 15 is 0 Å². The van der Waals surface area contributed by atoms with Gasteiger partial charge in [0.2, 0.25) is 0 Å². The minimum Gasteiger partial charge on any atom is -0.299 e. The van der Waals surface area contributed by atoms with Gasteiger partial charge in [0.1, 0.15) is 11.6 Å². The van der Waals surface area contributed by atoms with E-state index in [4.69, 9.17) is 0 Å². The molecule has 40 heavy (non-hydrogen) atoms. The summed E-state index contributed by atoms with van der Waals surface area (Å²) in [7, 11) is 0. The van der Waals surface area contributed by atoms with Crippen LogP contribution in [-0.4, -0.2) is 11.6 Å². The van der Waals surface area contributed by atoms with E-state index in [2.05, 4.69) is 64.2 Å². The number of hydrogen-bond acceptors (Lipinski definition) is 2. The first-order chi connectivity index (χ1) is 19.1. The highest BCUT2D eigenvalue weighted by atomic mass is 16.1. The van der Waals surface area contributed by atoms with Gasteiger partial charge in [0.05, 0.1) is 0 Å². The highest BCUT2D eigenvalue weighted by molar-refractivity contribution is 5.87. The first-order valence-corrected chi connectivity index (χ1v) is 16.7. The average Bonchev–Trinajstić information content (AvgIpc) is 3.42. The summed E-state index contributed by atoms with van der Waals surface area (Å²) in [6.45, 7) is 9.59. The lowest BCUT2D eigenvalue weighted by Crippen LogP contribution is -2.49. The lowest BCUT2D eigenvalue weighted by Gasteiger charge is -2.56. The largest absolute Gasteiger partial charge is 0.299 e. The first-order valence-electron chi connectivity index (χ1n) is 16.7. The summed E-state index contributed by atoms with van der Waals surface area (Å²) in [5.41, 5.74) is 6.26. The Morgan fingerprint density at radius 3 is 1.40 bits per heavy atom. The fourth-order valence-corrected chi connectivity index (χ4v) is 12.3. The quantitative estimate of drug-likeness (QED) is 0.310. The summed E-state index contributed by atoms with van der Waals surface area (Å²) in [6.07, 6.45) is 28.5. The zero-order valence-corrected chi connectivity index (χ0v) is 25.2. The number of fused-ring (bicyclic) bond motifs is 10. The molecule has 8 aliphatic rings. The number of rotatable bonds is 0. The number of allylic oxidation sites excluding steroid dienone is 10. The van der Waals surface area contributed by atoms with Crippen molar-refractivity contribution in [3.05, 3.63) is 58.7 Å². The topological polar surface area (TPSA) is 34.1 Å². The third-order valence-corrected chi connectivity index (χ3v) is 14.9. The molecule has 8 aliphatic carbocycles. The number of Topliss-reactive ketones (excluding diaryl/α,β-unsaturated/α-hetero) is 2. The molecule has 6 fully saturated rings. The molecule has 8 rings (SSSR count). The highest BCUT2D eigenvalue weighted by Gasteiger charge is 2.60. The van der Waals surface area contributed by atoms with Crippen LogP contribution in [0.5, 0.6) is 0 Å². The third-order valence-electron chi connectivity index (χ3n) is 14.9. The molecule has 0 radical (unpaired) electrons. The summed E-state index contributed by atoms with van der Waals surface area (Å²) in [5, 5.41) is 0. The first kappa shape index (κ1) is 25.7. The third kappa shape index (κ3) is 3.18. The van der Waals surface area contributed by atoms with Gasteiger partial charge < -0.3 is 0 Å². The van der Waals surface area contributed by atoms with Crippen LogP contribution in [0.3, 0.4) is 0 Å². The Morgan fingerprint density at radius 2 is 0.975 bits per heavy atom. The molecule has 0 saturated heterocycles. The van der Waals surface area contributed by atoms with E-state index in [1.807, 2.05) is 0 Å². The van der Waals surface area contributed by atoms with Gasteiger partial charge in [0.25, 0.3) is 0 Å². The Bertz CT molecular complexity index is 1250. The van der Waals surface area contributed by atoms with Gasteiger partial charge in [0.15, 0.2) is 0 Å². The maximum absolute atomic E-state index is 12.8. The van der Waals surface area contributed by atoms with Crippen molar-refractivity contribution in [3.8, 4) is 0 Å². The van der Waals surface area contributed by atoms with Crippen LogP contribution in [0.15, 0.2) is 58.7 Å². The number of hydrogen-bond donors (Lipinski definition) is 0. The van der Waals surface area contributed by atoms with Gasteiger partial charge in [-0.05, 0) is 111 Å². The van der Waals surface area contributed by atoms with Crippen molar-refractivity contribution in [2.75, 3.05) is 0 Å². The lowest BCUT2D eigenvalue weighted by atomic mass is 9.48. The van der Waals surface area contributed by atoms with Crippen LogP contribution in [0.25, 0.3) is 0 Å². The fourth-order valence-electron chi connectivity index (χ4n) is 12.3. The second-order valence-corrected chi connectivity index (χ2v) is 16.1. The molecule has 0 N–H and O–H groups in total. The second-order valence-electron chi connectivity index (χ2n) is 16.1. The molecule has 0 spiro atoms. The number of carbonyl (C=O) groups excluding carboxylic acids is 2. The molecule has 2 heteroatoms. The Kier molecular flexibility index (Phi) is 5.35. The van der Waals surface area contributed by atoms with Gasteiger partial charge >= 0.3 is 0 Å². The van der Waals surface area contributed by atoms with Crippen LogP contribution in [0.1, 0.15) is 105 Å². The summed E-state index contributed by atoms with van der Waals surface area (Å²) >= 11 is 0. The predicted octanol–water partition coefficient (Wildman–Crippen LogP) is 8.90. The van der Waals surface area contributed by atoms with Crippen molar-refractivity contribution in [2.45, 2.75) is 105 Å². The van der Waals surface area contributed by atoms with Gasteiger partial charge in [-0.2, -0.15) is 0 Å². The minimum absolute atomic E-state index is 0.0424. The monoisotopic (exact) mass is 536 g/mol. The summed E-state index contributed by atoms with van der Waals surface area (Å²) in [5.74, 6) is 5.05. The van der Waals surface area contributed by atoms with Crippen LogP contribution >= 0.6 is 0 Å². The maximum atomic E-state index is 12.8. The van der Waals surface area contributed by atoms with Crippen molar-refractivity contribution >= 4 is 11.6 Å². The summed E-state index contributed by atoms with van der Waals surface area (Å²) < 4.78 is 0.